The van der Waals surface area contributed by atoms with Crippen molar-refractivity contribution in [1.82, 2.24) is 4.98 Å². The van der Waals surface area contributed by atoms with Crippen LogP contribution in [0.5, 0.6) is 11.5 Å². The van der Waals surface area contributed by atoms with Crippen molar-refractivity contribution in [2.24, 2.45) is 0 Å². The molecule has 1 aromatic heterocycles. The molecule has 21 heavy (non-hydrogen) atoms. The van der Waals surface area contributed by atoms with Gasteiger partial charge in [0, 0.05) is 0 Å². The number of carbonyl (C=O) groups excluding carboxylic acids is 1. The highest BCUT2D eigenvalue weighted by atomic mass is 16.7. The first-order chi connectivity index (χ1) is 10.1. The first kappa shape index (κ1) is 13.0. The van der Waals surface area contributed by atoms with E-state index in [4.69, 9.17) is 9.57 Å². The predicted molar refractivity (Wildman–Crippen MR) is 71.2 cm³/mol. The number of nitrogens with zero attached hydrogens (tertiary/aromatic N) is 3. The average molecular weight is 287 g/mol. The van der Waals surface area contributed by atoms with E-state index < -0.39 is 10.8 Å². The van der Waals surface area contributed by atoms with E-state index in [1.54, 1.807) is 24.3 Å². The van der Waals surface area contributed by atoms with E-state index in [1.807, 2.05) is 0 Å². The number of hydrogen-bond acceptors (Lipinski definition) is 6. The van der Waals surface area contributed by atoms with Gasteiger partial charge in [0.15, 0.2) is 5.75 Å². The number of fused-ring (bicyclic) bond motifs is 2. The minimum absolute atomic E-state index is 0.0595. The molecule has 0 bridgehead atoms. The lowest BCUT2D eigenvalue weighted by Gasteiger charge is -2.16. The van der Waals surface area contributed by atoms with E-state index in [0.717, 1.165) is 11.3 Å². The molecule has 0 N–H and O–H groups in total. The summed E-state index contributed by atoms with van der Waals surface area (Å²) in [6.45, 7) is 0. The first-order valence-corrected chi connectivity index (χ1v) is 5.91. The molecule has 0 saturated heterocycles. The molecule has 1 aromatic carbocycles. The van der Waals surface area contributed by atoms with Crippen LogP contribution in [0.3, 0.4) is 0 Å². The van der Waals surface area contributed by atoms with Gasteiger partial charge in [-0.25, -0.2) is 4.98 Å². The number of hydroxylamine groups is 1. The number of pyridine rings is 1. The zero-order valence-corrected chi connectivity index (χ0v) is 10.8. The van der Waals surface area contributed by atoms with E-state index in [2.05, 4.69) is 4.98 Å². The maximum absolute atomic E-state index is 12.4. The standard InChI is InChI=1S/C13H9N3O5/c1-20-15-12-11(6-8(7-14-12)16(18)19)21-10-5-3-2-4-9(10)13(15)17/h2-7H,1H3. The molecule has 8 heteroatoms. The summed E-state index contributed by atoms with van der Waals surface area (Å²) in [7, 11) is 1.30. The molecule has 1 aliphatic rings. The zero-order chi connectivity index (χ0) is 15.0. The molecule has 3 rings (SSSR count). The fraction of sp³-hybridized carbons (Fsp3) is 0.0769. The SMILES string of the molecule is CON1C(=O)c2ccccc2Oc2cc([N+](=O)[O-])cnc21. The quantitative estimate of drug-likeness (QED) is 0.621. The van der Waals surface area contributed by atoms with Crippen LogP contribution in [0.2, 0.25) is 0 Å². The number of rotatable bonds is 2. The molecule has 0 spiro atoms. The highest BCUT2D eigenvalue weighted by molar-refractivity contribution is 6.07. The van der Waals surface area contributed by atoms with Crippen LogP contribution in [0.15, 0.2) is 36.5 Å². The van der Waals surface area contributed by atoms with Crippen LogP contribution >= 0.6 is 0 Å². The van der Waals surface area contributed by atoms with Crippen molar-refractivity contribution < 1.29 is 19.3 Å². The number of ether oxygens (including phenoxy) is 1. The molecule has 0 fully saturated rings. The van der Waals surface area contributed by atoms with Gasteiger partial charge in [-0.05, 0) is 12.1 Å². The number of nitro groups is 1. The van der Waals surface area contributed by atoms with Gasteiger partial charge in [-0.3, -0.25) is 19.7 Å². The van der Waals surface area contributed by atoms with Gasteiger partial charge < -0.3 is 4.74 Å². The Morgan fingerprint density at radius 3 is 2.81 bits per heavy atom. The molecule has 1 amide bonds. The lowest BCUT2D eigenvalue weighted by Crippen LogP contribution is -2.29. The van der Waals surface area contributed by atoms with Crippen molar-refractivity contribution in [2.75, 3.05) is 12.2 Å². The summed E-state index contributed by atoms with van der Waals surface area (Å²) < 4.78 is 5.59. The van der Waals surface area contributed by atoms with Crippen molar-refractivity contribution in [2.45, 2.75) is 0 Å². The monoisotopic (exact) mass is 287 g/mol. The van der Waals surface area contributed by atoms with Crippen LogP contribution < -0.4 is 9.80 Å². The van der Waals surface area contributed by atoms with Crippen LogP contribution in [0, 0.1) is 10.1 Å². The van der Waals surface area contributed by atoms with Crippen molar-refractivity contribution >= 4 is 17.4 Å². The average Bonchev–Trinajstić information content (AvgIpc) is 2.60. The van der Waals surface area contributed by atoms with Crippen LogP contribution in [-0.2, 0) is 4.84 Å². The maximum Gasteiger partial charge on any atom is 0.291 e. The number of hydrogen-bond donors (Lipinski definition) is 0. The third kappa shape index (κ3) is 2.07. The number of anilines is 1. The summed E-state index contributed by atoms with van der Waals surface area (Å²) in [5.74, 6) is -0.0487. The molecule has 2 heterocycles. The number of para-hydroxylation sites is 1. The minimum Gasteiger partial charge on any atom is -0.452 e. The fourth-order valence-electron chi connectivity index (χ4n) is 1.98. The van der Waals surface area contributed by atoms with Gasteiger partial charge in [-0.1, -0.05) is 12.1 Å². The Hall–Kier alpha value is -3.00. The molecular formula is C13H9N3O5. The Bertz CT molecular complexity index is 746. The lowest BCUT2D eigenvalue weighted by atomic mass is 10.2. The lowest BCUT2D eigenvalue weighted by molar-refractivity contribution is -0.385. The molecule has 0 unspecified atom stereocenters. The second-order valence-corrected chi connectivity index (χ2v) is 4.15. The second-order valence-electron chi connectivity index (χ2n) is 4.15. The third-order valence-corrected chi connectivity index (χ3v) is 2.93. The highest BCUT2D eigenvalue weighted by Gasteiger charge is 2.31. The number of carbonyl (C=O) groups is 1. The van der Waals surface area contributed by atoms with E-state index in [0.29, 0.717) is 0 Å². The molecule has 106 valence electrons. The maximum atomic E-state index is 12.4. The number of benzene rings is 1. The van der Waals surface area contributed by atoms with Gasteiger partial charge in [-0.15, -0.1) is 0 Å². The van der Waals surface area contributed by atoms with Gasteiger partial charge in [0.2, 0.25) is 5.82 Å². The molecule has 0 atom stereocenters. The fourth-order valence-corrected chi connectivity index (χ4v) is 1.98. The van der Waals surface area contributed by atoms with Gasteiger partial charge in [0.25, 0.3) is 11.6 Å². The van der Waals surface area contributed by atoms with Crippen LogP contribution in [-0.4, -0.2) is 22.9 Å². The van der Waals surface area contributed by atoms with E-state index >= 15 is 0 Å². The van der Waals surface area contributed by atoms with E-state index in [-0.39, 0.29) is 28.6 Å². The van der Waals surface area contributed by atoms with Gasteiger partial charge in [0.05, 0.1) is 23.7 Å². The van der Waals surface area contributed by atoms with Crippen LogP contribution in [0.4, 0.5) is 11.5 Å². The molecule has 1 aliphatic heterocycles. The molecule has 8 nitrogen and oxygen atoms in total. The summed E-state index contributed by atoms with van der Waals surface area (Å²) >= 11 is 0. The van der Waals surface area contributed by atoms with E-state index in [9.17, 15) is 14.9 Å². The summed E-state index contributed by atoms with van der Waals surface area (Å²) in [4.78, 5) is 31.6. The molecule has 0 saturated carbocycles. The summed E-state index contributed by atoms with van der Waals surface area (Å²) in [6, 6.07) is 7.74. The second kappa shape index (κ2) is 4.84. The summed E-state index contributed by atoms with van der Waals surface area (Å²) in [6.07, 6.45) is 1.04. The van der Waals surface area contributed by atoms with Crippen molar-refractivity contribution in [3.63, 3.8) is 0 Å². The minimum atomic E-state index is -0.591. The Morgan fingerprint density at radius 2 is 2.10 bits per heavy atom. The van der Waals surface area contributed by atoms with Crippen LogP contribution in [0.1, 0.15) is 10.4 Å². The van der Waals surface area contributed by atoms with Gasteiger partial charge in [-0.2, -0.15) is 5.06 Å². The Balaban J connectivity index is 2.21. The van der Waals surface area contributed by atoms with Crippen molar-refractivity contribution in [3.8, 4) is 11.5 Å². The highest BCUT2D eigenvalue weighted by Crippen LogP contribution is 2.38. The zero-order valence-electron chi connectivity index (χ0n) is 10.8. The summed E-state index contributed by atoms with van der Waals surface area (Å²) in [5.41, 5.74) is 0.0386. The number of aromatic nitrogens is 1. The Kier molecular flexibility index (Phi) is 2.99. The topological polar surface area (TPSA) is 94.8 Å². The van der Waals surface area contributed by atoms with Crippen LogP contribution in [0.25, 0.3) is 0 Å². The van der Waals surface area contributed by atoms with Crippen molar-refractivity contribution in [3.05, 3.63) is 52.2 Å². The van der Waals surface area contributed by atoms with Gasteiger partial charge >= 0.3 is 0 Å². The number of amides is 1. The molecular weight excluding hydrogens is 278 g/mol. The Labute approximate surface area is 118 Å². The first-order valence-electron chi connectivity index (χ1n) is 5.91. The van der Waals surface area contributed by atoms with Gasteiger partial charge in [0.1, 0.15) is 11.9 Å². The van der Waals surface area contributed by atoms with E-state index in [1.165, 1.54) is 13.2 Å². The molecule has 0 radical (unpaired) electrons. The molecule has 2 aromatic rings. The normalized spacial score (nSPS) is 13.0. The summed E-state index contributed by atoms with van der Waals surface area (Å²) in [5, 5.41) is 11.8. The Morgan fingerprint density at radius 1 is 1.33 bits per heavy atom. The predicted octanol–water partition coefficient (Wildman–Crippen LogP) is 2.30. The molecule has 0 aliphatic carbocycles. The smallest absolute Gasteiger partial charge is 0.291 e. The van der Waals surface area contributed by atoms with Crippen molar-refractivity contribution in [1.29, 1.82) is 0 Å². The third-order valence-electron chi connectivity index (χ3n) is 2.93. The largest absolute Gasteiger partial charge is 0.452 e.